The van der Waals surface area contributed by atoms with Crippen LogP contribution in [0.15, 0.2) is 24.3 Å². The quantitative estimate of drug-likeness (QED) is 0.766. The number of likely N-dealkylation sites (N-methyl/N-ethyl adjacent to an activating group) is 1. The second-order valence-electron chi connectivity index (χ2n) is 4.75. The Hall–Kier alpha value is -0.930. The Morgan fingerprint density at radius 3 is 2.11 bits per heavy atom. The zero-order chi connectivity index (χ0) is 14.3. The first-order valence-electron chi connectivity index (χ1n) is 7.26. The lowest BCUT2D eigenvalue weighted by molar-refractivity contribution is -0.0730. The van der Waals surface area contributed by atoms with Gasteiger partial charge in [-0.05, 0) is 44.0 Å². The van der Waals surface area contributed by atoms with E-state index in [2.05, 4.69) is 26.1 Å². The highest BCUT2D eigenvalue weighted by Crippen LogP contribution is 2.35. The van der Waals surface area contributed by atoms with E-state index < -0.39 is 0 Å². The van der Waals surface area contributed by atoms with E-state index in [9.17, 15) is 4.39 Å². The zero-order valence-electron chi connectivity index (χ0n) is 12.5. The fraction of sp³-hybridized carbons (Fsp3) is 0.625. The zero-order valence-corrected chi connectivity index (χ0v) is 12.5. The highest BCUT2D eigenvalue weighted by molar-refractivity contribution is 5.23. The lowest BCUT2D eigenvalue weighted by atomic mass is 9.83. The standard InChI is InChI=1S/C16H26FNO/c1-5-16(6-2,19-8-4)15(18-7-3)13-9-11-14(17)12-10-13/h9-12,15,18H,5-8H2,1-4H3. The Morgan fingerprint density at radius 2 is 1.68 bits per heavy atom. The van der Waals surface area contributed by atoms with Gasteiger partial charge in [-0.2, -0.15) is 0 Å². The maximum atomic E-state index is 13.1. The van der Waals surface area contributed by atoms with Crippen molar-refractivity contribution in [3.63, 3.8) is 0 Å². The number of ether oxygens (including phenoxy) is 1. The molecule has 0 saturated carbocycles. The van der Waals surface area contributed by atoms with Gasteiger partial charge in [-0.15, -0.1) is 0 Å². The van der Waals surface area contributed by atoms with Gasteiger partial charge < -0.3 is 10.1 Å². The third-order valence-corrected chi connectivity index (χ3v) is 3.77. The number of hydrogen-bond donors (Lipinski definition) is 1. The van der Waals surface area contributed by atoms with Crippen molar-refractivity contribution in [3.8, 4) is 0 Å². The Labute approximate surface area is 116 Å². The van der Waals surface area contributed by atoms with Crippen LogP contribution in [0.25, 0.3) is 0 Å². The lowest BCUT2D eigenvalue weighted by Gasteiger charge is -2.40. The molecular weight excluding hydrogens is 241 g/mol. The van der Waals surface area contributed by atoms with Gasteiger partial charge in [0, 0.05) is 6.61 Å². The molecule has 0 aliphatic heterocycles. The average molecular weight is 267 g/mol. The first kappa shape index (κ1) is 16.1. The molecule has 19 heavy (non-hydrogen) atoms. The summed E-state index contributed by atoms with van der Waals surface area (Å²) in [6, 6.07) is 6.82. The largest absolute Gasteiger partial charge is 0.373 e. The third kappa shape index (κ3) is 3.77. The van der Waals surface area contributed by atoms with Gasteiger partial charge in [0.2, 0.25) is 0 Å². The topological polar surface area (TPSA) is 21.3 Å². The van der Waals surface area contributed by atoms with Gasteiger partial charge in [-0.1, -0.05) is 32.9 Å². The molecule has 2 nitrogen and oxygen atoms in total. The lowest BCUT2D eigenvalue weighted by Crippen LogP contribution is -2.45. The minimum absolute atomic E-state index is 0.0908. The van der Waals surface area contributed by atoms with Crippen LogP contribution >= 0.6 is 0 Å². The molecule has 0 heterocycles. The van der Waals surface area contributed by atoms with Gasteiger partial charge >= 0.3 is 0 Å². The SMILES string of the molecule is CCNC(c1ccc(F)cc1)C(CC)(CC)OCC. The Kier molecular flexibility index (Phi) is 6.46. The molecule has 0 fully saturated rings. The minimum Gasteiger partial charge on any atom is -0.373 e. The van der Waals surface area contributed by atoms with E-state index in [4.69, 9.17) is 4.74 Å². The molecule has 1 unspecified atom stereocenters. The van der Waals surface area contributed by atoms with Crippen LogP contribution in [0.4, 0.5) is 4.39 Å². The van der Waals surface area contributed by atoms with Gasteiger partial charge in [0.05, 0.1) is 11.6 Å². The molecule has 0 bridgehead atoms. The molecule has 108 valence electrons. The van der Waals surface area contributed by atoms with Gasteiger partial charge in [-0.3, -0.25) is 0 Å². The predicted molar refractivity (Wildman–Crippen MR) is 77.8 cm³/mol. The van der Waals surface area contributed by atoms with Gasteiger partial charge in [0.1, 0.15) is 5.82 Å². The molecule has 1 atom stereocenters. The maximum absolute atomic E-state index is 13.1. The summed E-state index contributed by atoms with van der Waals surface area (Å²) in [5, 5.41) is 3.50. The summed E-state index contributed by atoms with van der Waals surface area (Å²) in [6.07, 6.45) is 1.85. The summed E-state index contributed by atoms with van der Waals surface area (Å²) in [6.45, 7) is 9.94. The molecule has 1 aromatic carbocycles. The van der Waals surface area contributed by atoms with E-state index in [-0.39, 0.29) is 17.5 Å². The summed E-state index contributed by atoms with van der Waals surface area (Å²) in [7, 11) is 0. The van der Waals surface area contributed by atoms with Crippen LogP contribution in [-0.2, 0) is 4.74 Å². The van der Waals surface area contributed by atoms with Crippen LogP contribution in [0.2, 0.25) is 0 Å². The summed E-state index contributed by atoms with van der Waals surface area (Å²) < 4.78 is 19.2. The highest BCUT2D eigenvalue weighted by Gasteiger charge is 2.36. The number of nitrogens with one attached hydrogen (secondary N) is 1. The highest BCUT2D eigenvalue weighted by atomic mass is 19.1. The second-order valence-corrected chi connectivity index (χ2v) is 4.75. The molecule has 0 spiro atoms. The van der Waals surface area contributed by atoms with E-state index in [1.165, 1.54) is 12.1 Å². The first-order valence-corrected chi connectivity index (χ1v) is 7.26. The number of rotatable bonds is 8. The van der Waals surface area contributed by atoms with Gasteiger partial charge in [0.15, 0.2) is 0 Å². The van der Waals surface area contributed by atoms with E-state index in [1.807, 2.05) is 19.1 Å². The van der Waals surface area contributed by atoms with Crippen molar-refractivity contribution in [1.29, 1.82) is 0 Å². The molecular formula is C16H26FNO. The van der Waals surface area contributed by atoms with Crippen LogP contribution in [0.1, 0.15) is 52.1 Å². The molecule has 1 N–H and O–H groups in total. The summed E-state index contributed by atoms with van der Waals surface area (Å²) in [5.74, 6) is -0.200. The van der Waals surface area contributed by atoms with Gasteiger partial charge in [-0.25, -0.2) is 4.39 Å². The molecule has 3 heteroatoms. The molecule has 0 aliphatic rings. The number of benzene rings is 1. The summed E-state index contributed by atoms with van der Waals surface area (Å²) in [4.78, 5) is 0. The van der Waals surface area contributed by atoms with Crippen LogP contribution in [0.5, 0.6) is 0 Å². The molecule has 0 aliphatic carbocycles. The molecule has 1 rings (SSSR count). The van der Waals surface area contributed by atoms with Crippen LogP contribution < -0.4 is 5.32 Å². The minimum atomic E-state index is -0.234. The van der Waals surface area contributed by atoms with Crippen LogP contribution in [0, 0.1) is 5.82 Å². The maximum Gasteiger partial charge on any atom is 0.123 e. The monoisotopic (exact) mass is 267 g/mol. The summed E-state index contributed by atoms with van der Waals surface area (Å²) >= 11 is 0. The molecule has 1 aromatic rings. The molecule has 0 amide bonds. The van der Waals surface area contributed by atoms with E-state index in [1.54, 1.807) is 0 Å². The normalized spacial score (nSPS) is 13.5. The second kappa shape index (κ2) is 7.61. The first-order chi connectivity index (χ1) is 9.13. The average Bonchev–Trinajstić information content (AvgIpc) is 2.44. The van der Waals surface area contributed by atoms with E-state index in [0.717, 1.165) is 24.9 Å². The van der Waals surface area contributed by atoms with Crippen molar-refractivity contribution in [3.05, 3.63) is 35.6 Å². The third-order valence-electron chi connectivity index (χ3n) is 3.77. The van der Waals surface area contributed by atoms with Crippen molar-refractivity contribution in [2.24, 2.45) is 0 Å². The number of halogens is 1. The van der Waals surface area contributed by atoms with Crippen molar-refractivity contribution >= 4 is 0 Å². The smallest absolute Gasteiger partial charge is 0.123 e. The fourth-order valence-corrected chi connectivity index (χ4v) is 2.70. The summed E-state index contributed by atoms with van der Waals surface area (Å²) in [5.41, 5.74) is 0.850. The Morgan fingerprint density at radius 1 is 1.11 bits per heavy atom. The van der Waals surface area contributed by atoms with Crippen molar-refractivity contribution in [1.82, 2.24) is 5.32 Å². The predicted octanol–water partition coefficient (Wildman–Crippen LogP) is 4.07. The van der Waals surface area contributed by atoms with Gasteiger partial charge in [0.25, 0.3) is 0 Å². The molecule has 0 saturated heterocycles. The van der Waals surface area contributed by atoms with Crippen molar-refractivity contribution in [2.45, 2.75) is 52.2 Å². The van der Waals surface area contributed by atoms with Crippen LogP contribution in [0.3, 0.4) is 0 Å². The Bertz CT molecular complexity index is 360. The van der Waals surface area contributed by atoms with E-state index in [0.29, 0.717) is 6.61 Å². The molecule has 0 radical (unpaired) electrons. The van der Waals surface area contributed by atoms with E-state index >= 15 is 0 Å². The number of hydrogen-bond acceptors (Lipinski definition) is 2. The fourth-order valence-electron chi connectivity index (χ4n) is 2.70. The van der Waals surface area contributed by atoms with Crippen molar-refractivity contribution < 1.29 is 9.13 Å². The Balaban J connectivity index is 3.12. The van der Waals surface area contributed by atoms with Crippen molar-refractivity contribution in [2.75, 3.05) is 13.2 Å². The molecule has 0 aromatic heterocycles. The van der Waals surface area contributed by atoms with Crippen LogP contribution in [-0.4, -0.2) is 18.8 Å².